The topological polar surface area (TPSA) is 115 Å². The van der Waals surface area contributed by atoms with Gasteiger partial charge in [-0.15, -0.1) is 0 Å². The first kappa shape index (κ1) is 29.8. The van der Waals surface area contributed by atoms with E-state index in [2.05, 4.69) is 25.6 Å². The van der Waals surface area contributed by atoms with E-state index in [4.69, 9.17) is 10.5 Å². The Morgan fingerprint density at radius 1 is 0.682 bits per heavy atom. The van der Waals surface area contributed by atoms with Gasteiger partial charge in [0.1, 0.15) is 11.6 Å². The first-order chi connectivity index (χ1) is 20.9. The summed E-state index contributed by atoms with van der Waals surface area (Å²) in [6.07, 6.45) is -6.11. The van der Waals surface area contributed by atoms with E-state index >= 15 is 0 Å². The van der Waals surface area contributed by atoms with Crippen molar-refractivity contribution in [1.82, 2.24) is 15.0 Å². The number of benzene rings is 3. The molecule has 0 bridgehead atoms. The maximum absolute atomic E-state index is 13.3. The van der Waals surface area contributed by atoms with E-state index in [-0.39, 0.29) is 34.5 Å². The molecule has 5 aromatic rings. The molecule has 0 atom stereocenters. The molecule has 224 valence electrons. The molecule has 44 heavy (non-hydrogen) atoms. The Morgan fingerprint density at radius 2 is 1.32 bits per heavy atom. The summed E-state index contributed by atoms with van der Waals surface area (Å²) in [4.78, 5) is 24.3. The van der Waals surface area contributed by atoms with Crippen LogP contribution >= 0.6 is 0 Å². The van der Waals surface area contributed by atoms with Crippen molar-refractivity contribution in [3.05, 3.63) is 109 Å². The lowest BCUT2D eigenvalue weighted by Crippen LogP contribution is -2.20. The summed E-state index contributed by atoms with van der Waals surface area (Å²) in [6, 6.07) is 17.5. The normalized spacial score (nSPS) is 11.6. The second-order valence-corrected chi connectivity index (χ2v) is 9.24. The number of nitrogen functional groups attached to an aromatic ring is 1. The van der Waals surface area contributed by atoms with Crippen molar-refractivity contribution in [3.8, 4) is 34.0 Å². The van der Waals surface area contributed by atoms with Crippen molar-refractivity contribution >= 4 is 23.2 Å². The molecule has 0 aliphatic heterocycles. The molecule has 0 aliphatic carbocycles. The molecule has 4 N–H and O–H groups in total. The van der Waals surface area contributed by atoms with Gasteiger partial charge in [-0.05, 0) is 41.5 Å². The van der Waals surface area contributed by atoms with E-state index in [0.717, 1.165) is 18.2 Å². The fourth-order valence-corrected chi connectivity index (χ4v) is 4.08. The number of nitrogens with zero attached hydrogens (tertiary/aromatic N) is 3. The second-order valence-electron chi connectivity index (χ2n) is 9.24. The monoisotopic (exact) mass is 610 g/mol. The first-order valence-electron chi connectivity index (χ1n) is 12.6. The second kappa shape index (κ2) is 11.9. The van der Waals surface area contributed by atoms with Crippen molar-refractivity contribution in [2.24, 2.45) is 0 Å². The van der Waals surface area contributed by atoms with Crippen LogP contribution in [0.25, 0.3) is 22.3 Å². The summed E-state index contributed by atoms with van der Waals surface area (Å²) in [7, 11) is 0. The zero-order valence-electron chi connectivity index (χ0n) is 22.2. The van der Waals surface area contributed by atoms with Gasteiger partial charge in [-0.1, -0.05) is 48.5 Å². The number of amides is 2. The number of aromatic nitrogens is 3. The molecule has 0 spiro atoms. The third-order valence-electron chi connectivity index (χ3n) is 6.19. The number of rotatable bonds is 6. The van der Waals surface area contributed by atoms with Crippen molar-refractivity contribution in [3.63, 3.8) is 0 Å². The van der Waals surface area contributed by atoms with Crippen LogP contribution in [0.1, 0.15) is 11.1 Å². The minimum atomic E-state index is -4.62. The molecule has 0 aliphatic rings. The van der Waals surface area contributed by atoms with E-state index in [1.807, 2.05) is 0 Å². The molecule has 5 rings (SSSR count). The third kappa shape index (κ3) is 7.03. The van der Waals surface area contributed by atoms with Crippen LogP contribution in [-0.2, 0) is 12.4 Å². The smallest absolute Gasteiger partial charge is 0.417 e. The minimum absolute atomic E-state index is 0.0597. The number of halogens is 6. The SMILES string of the molecule is Nc1ncc(C(F)(F)F)cc1-c1ccc(Oc2ncc(NC(=O)Nc3cc(C(F)(F)F)ccc3-c3ccccc3)cn2)cc1. The molecule has 0 saturated carbocycles. The number of nitrogens with two attached hydrogens (primary N) is 1. The van der Waals surface area contributed by atoms with Crippen LogP contribution < -0.4 is 21.1 Å². The van der Waals surface area contributed by atoms with Crippen LogP contribution in [0.4, 0.5) is 48.3 Å². The molecule has 8 nitrogen and oxygen atoms in total. The molecule has 2 amide bonds. The number of hydrogen-bond donors (Lipinski definition) is 3. The molecule has 0 saturated heterocycles. The lowest BCUT2D eigenvalue weighted by Gasteiger charge is -2.15. The summed E-state index contributed by atoms with van der Waals surface area (Å²) < 4.78 is 84.8. The Kier molecular flexibility index (Phi) is 8.07. The van der Waals surface area contributed by atoms with E-state index in [1.165, 1.54) is 42.7 Å². The summed E-state index contributed by atoms with van der Waals surface area (Å²) in [5.74, 6) is 0.176. The number of nitrogens with one attached hydrogen (secondary N) is 2. The Morgan fingerprint density at radius 3 is 1.95 bits per heavy atom. The summed E-state index contributed by atoms with van der Waals surface area (Å²) in [6.45, 7) is 0. The molecule has 14 heteroatoms. The highest BCUT2D eigenvalue weighted by Crippen LogP contribution is 2.37. The fourth-order valence-electron chi connectivity index (χ4n) is 4.08. The van der Waals surface area contributed by atoms with E-state index in [9.17, 15) is 31.1 Å². The maximum Gasteiger partial charge on any atom is 0.417 e. The third-order valence-corrected chi connectivity index (χ3v) is 6.19. The standard InChI is InChI=1S/C30H20F6N6O2/c31-29(32,33)19-8-11-23(17-4-2-1-3-5-17)25(13-19)42-27(43)41-21-15-39-28(40-16-21)44-22-9-6-18(7-10-22)24-12-20(30(34,35)36)14-38-26(24)37/h1-16H,(H2,37,38)(H2,41,42,43). The number of anilines is 3. The number of hydrogen-bond acceptors (Lipinski definition) is 6. The number of pyridine rings is 1. The zero-order valence-corrected chi connectivity index (χ0v) is 22.2. The van der Waals surface area contributed by atoms with Gasteiger partial charge in [0.05, 0.1) is 34.9 Å². The van der Waals surface area contributed by atoms with Gasteiger partial charge in [0.15, 0.2) is 0 Å². The van der Waals surface area contributed by atoms with E-state index < -0.39 is 29.5 Å². The molecule has 0 radical (unpaired) electrons. The highest BCUT2D eigenvalue weighted by Gasteiger charge is 2.32. The van der Waals surface area contributed by atoms with Gasteiger partial charge in [0.25, 0.3) is 0 Å². The lowest BCUT2D eigenvalue weighted by molar-refractivity contribution is -0.138. The van der Waals surface area contributed by atoms with E-state index in [0.29, 0.717) is 22.9 Å². The highest BCUT2D eigenvalue weighted by atomic mass is 19.4. The van der Waals surface area contributed by atoms with Crippen LogP contribution in [0.2, 0.25) is 0 Å². The summed E-state index contributed by atoms with van der Waals surface area (Å²) in [5.41, 5.74) is 5.40. The predicted molar refractivity (Wildman–Crippen MR) is 151 cm³/mol. The largest absolute Gasteiger partial charge is 0.424 e. The first-order valence-corrected chi connectivity index (χ1v) is 12.6. The van der Waals surface area contributed by atoms with Crippen LogP contribution in [-0.4, -0.2) is 21.0 Å². The van der Waals surface area contributed by atoms with Gasteiger partial charge in [-0.3, -0.25) is 0 Å². The van der Waals surface area contributed by atoms with Gasteiger partial charge in [0.2, 0.25) is 0 Å². The highest BCUT2D eigenvalue weighted by molar-refractivity contribution is 6.02. The molecule has 0 unspecified atom stereocenters. The Bertz CT molecular complexity index is 1780. The average molecular weight is 611 g/mol. The van der Waals surface area contributed by atoms with Crippen LogP contribution in [0.5, 0.6) is 11.8 Å². The number of carbonyl (C=O) groups is 1. The molecule has 2 heterocycles. The predicted octanol–water partition coefficient (Wildman–Crippen LogP) is 8.26. The Balaban J connectivity index is 1.26. The van der Waals surface area contributed by atoms with Crippen LogP contribution in [0.15, 0.2) is 97.5 Å². The number of carbonyl (C=O) groups excluding carboxylic acids is 1. The Labute approximate surface area is 245 Å². The van der Waals surface area contributed by atoms with Gasteiger partial charge in [0, 0.05) is 17.3 Å². The van der Waals surface area contributed by atoms with Gasteiger partial charge >= 0.3 is 24.4 Å². The van der Waals surface area contributed by atoms with Crippen molar-refractivity contribution < 1.29 is 35.9 Å². The lowest BCUT2D eigenvalue weighted by atomic mass is 10.0. The zero-order chi connectivity index (χ0) is 31.5. The van der Waals surface area contributed by atoms with Crippen LogP contribution in [0, 0.1) is 0 Å². The quantitative estimate of drug-likeness (QED) is 0.167. The molecular formula is C30H20F6N6O2. The summed E-state index contributed by atoms with van der Waals surface area (Å²) >= 11 is 0. The fraction of sp³-hybridized carbons (Fsp3) is 0.0667. The van der Waals surface area contributed by atoms with Gasteiger partial charge in [-0.25, -0.2) is 19.7 Å². The summed E-state index contributed by atoms with van der Waals surface area (Å²) in [5, 5.41) is 4.90. The molecular weight excluding hydrogens is 590 g/mol. The van der Waals surface area contributed by atoms with Gasteiger partial charge < -0.3 is 21.1 Å². The average Bonchev–Trinajstić information content (AvgIpc) is 2.98. The molecule has 3 aromatic carbocycles. The van der Waals surface area contributed by atoms with Crippen molar-refractivity contribution in [2.45, 2.75) is 12.4 Å². The number of alkyl halides is 6. The minimum Gasteiger partial charge on any atom is -0.424 e. The number of urea groups is 1. The van der Waals surface area contributed by atoms with Crippen LogP contribution in [0.3, 0.4) is 0 Å². The van der Waals surface area contributed by atoms with Gasteiger partial charge in [-0.2, -0.15) is 26.3 Å². The number of ether oxygens (including phenoxy) is 1. The van der Waals surface area contributed by atoms with E-state index in [1.54, 1.807) is 30.3 Å². The van der Waals surface area contributed by atoms with Crippen molar-refractivity contribution in [2.75, 3.05) is 16.4 Å². The molecule has 0 fully saturated rings. The molecule has 2 aromatic heterocycles. The maximum atomic E-state index is 13.3. The Hall–Kier alpha value is -5.66. The van der Waals surface area contributed by atoms with Crippen molar-refractivity contribution in [1.29, 1.82) is 0 Å².